The topological polar surface area (TPSA) is 47.9 Å². The van der Waals surface area contributed by atoms with Crippen molar-refractivity contribution in [2.24, 2.45) is 0 Å². The van der Waals surface area contributed by atoms with Crippen molar-refractivity contribution in [2.75, 3.05) is 26.5 Å². The number of hydrogen-bond donors (Lipinski definition) is 1. The Kier molecular flexibility index (Phi) is 18.0. The highest BCUT2D eigenvalue weighted by molar-refractivity contribution is 7.68. The van der Waals surface area contributed by atoms with Gasteiger partial charge in [0.2, 0.25) is 0 Å². The quantitative estimate of drug-likeness (QED) is 0.0911. The fraction of sp³-hybridized carbons (Fsp3) is 0.200. The van der Waals surface area contributed by atoms with Crippen LogP contribution >= 0.6 is 8.13 Å². The lowest BCUT2D eigenvalue weighted by Gasteiger charge is -2.31. The van der Waals surface area contributed by atoms with Crippen molar-refractivity contribution in [2.45, 2.75) is 20.8 Å². The Labute approximate surface area is 257 Å². The average molecular weight is 616 g/mol. The molecule has 0 aromatic heterocycles. The van der Waals surface area contributed by atoms with Crippen LogP contribution in [0.15, 0.2) is 121 Å². The van der Waals surface area contributed by atoms with E-state index in [1.807, 2.05) is 118 Å². The van der Waals surface area contributed by atoms with Crippen LogP contribution in [0, 0.1) is 11.8 Å². The van der Waals surface area contributed by atoms with Crippen molar-refractivity contribution < 1.29 is 18.1 Å². The van der Waals surface area contributed by atoms with Gasteiger partial charge in [0.25, 0.3) is 0 Å². The van der Waals surface area contributed by atoms with Crippen LogP contribution in [0.25, 0.3) is 11.3 Å². The molecule has 4 nitrogen and oxygen atoms in total. The molecule has 0 aliphatic carbocycles. The van der Waals surface area contributed by atoms with Crippen molar-refractivity contribution in [3.05, 3.63) is 144 Å². The fourth-order valence-corrected chi connectivity index (χ4v) is 6.52. The van der Waals surface area contributed by atoms with Crippen molar-refractivity contribution >= 4 is 37.6 Å². The fourth-order valence-electron chi connectivity index (χ4n) is 3.80. The summed E-state index contributed by atoms with van der Waals surface area (Å²) >= 11 is 0. The summed E-state index contributed by atoms with van der Waals surface area (Å²) in [4.78, 5) is 8.05. The van der Waals surface area contributed by atoms with Crippen LogP contribution in [0.3, 0.4) is 0 Å². The molecule has 4 aromatic rings. The molecule has 42 heavy (non-hydrogen) atoms. The van der Waals surface area contributed by atoms with E-state index < -0.39 is 18.2 Å². The van der Waals surface area contributed by atoms with Gasteiger partial charge >= 0.3 is 18.2 Å². The molecule has 0 amide bonds. The molecule has 0 saturated carbocycles. The largest absolute Gasteiger partial charge is 0.537 e. The second kappa shape index (κ2) is 21.6. The second-order valence-electron chi connectivity index (χ2n) is 8.76. The van der Waals surface area contributed by atoms with Crippen molar-refractivity contribution in [1.29, 1.82) is 0 Å². The van der Waals surface area contributed by atoms with Crippen molar-refractivity contribution in [3.8, 4) is 11.8 Å². The summed E-state index contributed by atoms with van der Waals surface area (Å²) in [6.07, 6.45) is 2.13. The minimum atomic E-state index is -2.99. The lowest BCUT2D eigenvalue weighted by atomic mass is 10.1. The van der Waals surface area contributed by atoms with E-state index in [9.17, 15) is 0 Å². The minimum absolute atomic E-state index is 0.477. The Bertz CT molecular complexity index is 1260. The molecule has 1 unspecified atom stereocenters. The van der Waals surface area contributed by atoms with E-state index in [1.165, 1.54) is 0 Å². The second-order valence-corrected chi connectivity index (χ2v) is 16.0. The third-order valence-electron chi connectivity index (χ3n) is 5.61. The Morgan fingerprint density at radius 3 is 1.38 bits per heavy atom. The molecule has 7 heteroatoms. The van der Waals surface area contributed by atoms with Crippen LogP contribution in [0.1, 0.15) is 43.0 Å². The van der Waals surface area contributed by atoms with Gasteiger partial charge in [-0.05, 0) is 70.4 Å². The molecular weight excluding hydrogens is 572 g/mol. The van der Waals surface area contributed by atoms with Gasteiger partial charge in [-0.15, -0.1) is 0 Å². The molecule has 1 N–H and O–H groups in total. The first kappa shape index (κ1) is 35.1. The Hall–Kier alpha value is -3.12. The molecule has 0 aliphatic heterocycles. The van der Waals surface area contributed by atoms with Crippen LogP contribution < -0.4 is 0 Å². The van der Waals surface area contributed by atoms with Gasteiger partial charge in [0.1, 0.15) is 0 Å². The van der Waals surface area contributed by atoms with E-state index in [-0.39, 0.29) is 0 Å². The Morgan fingerprint density at radius 1 is 0.667 bits per heavy atom. The average Bonchev–Trinajstić information content (AvgIpc) is 3.05. The molecule has 1 atom stereocenters. The zero-order chi connectivity index (χ0) is 30.3. The van der Waals surface area contributed by atoms with Gasteiger partial charge in [-0.1, -0.05) is 109 Å². The summed E-state index contributed by atoms with van der Waals surface area (Å²) in [6.45, 7) is 9.65. The molecule has 0 aliphatic rings. The highest BCUT2D eigenvalue weighted by Crippen LogP contribution is 2.31. The minimum Gasteiger partial charge on any atom is -0.406 e. The normalized spacial score (nSPS) is 11.3. The summed E-state index contributed by atoms with van der Waals surface area (Å²) < 4.78 is 18.4. The van der Waals surface area contributed by atoms with Crippen LogP contribution in [-0.2, 0) is 13.3 Å². The van der Waals surface area contributed by atoms with Gasteiger partial charge in [0.05, 0.1) is 0 Å². The molecule has 0 saturated heterocycles. The van der Waals surface area contributed by atoms with Crippen molar-refractivity contribution in [1.82, 2.24) is 0 Å². The predicted octanol–water partition coefficient (Wildman–Crippen LogP) is 6.92. The predicted molar refractivity (Wildman–Crippen MR) is 187 cm³/mol. The zero-order valence-corrected chi connectivity index (χ0v) is 28.8. The summed E-state index contributed by atoms with van der Waals surface area (Å²) in [5.74, 6) is 6.22. The van der Waals surface area contributed by atoms with Gasteiger partial charge in [-0.2, -0.15) is 0 Å². The number of hydrogen-bond acceptors (Lipinski definition) is 4. The van der Waals surface area contributed by atoms with E-state index >= 15 is 0 Å². The highest BCUT2D eigenvalue weighted by atomic mass is 31.3. The van der Waals surface area contributed by atoms with Gasteiger partial charge in [0.15, 0.2) is 0 Å². The van der Waals surface area contributed by atoms with E-state index in [1.54, 1.807) is 0 Å². The molecule has 0 radical (unpaired) electrons. The first-order valence-corrected chi connectivity index (χ1v) is 21.1. The summed E-state index contributed by atoms with van der Waals surface area (Å²) in [6, 6.07) is 40.4. The van der Waals surface area contributed by atoms with Crippen LogP contribution in [0.5, 0.6) is 0 Å². The van der Waals surface area contributed by atoms with Crippen molar-refractivity contribution in [3.63, 3.8) is 0 Å². The maximum Gasteiger partial charge on any atom is 0.537 e. The van der Waals surface area contributed by atoms with Crippen LogP contribution in [0.4, 0.5) is 0 Å². The lowest BCUT2D eigenvalue weighted by molar-refractivity contribution is 0.0873. The van der Waals surface area contributed by atoms with Gasteiger partial charge in [-0.25, -0.2) is 0 Å². The Balaban J connectivity index is 0.000000287. The van der Waals surface area contributed by atoms with Gasteiger partial charge in [-0.3, -0.25) is 0 Å². The van der Waals surface area contributed by atoms with E-state index in [4.69, 9.17) is 18.1 Å². The van der Waals surface area contributed by atoms with Gasteiger partial charge in [0, 0.05) is 42.8 Å². The molecule has 4 rings (SSSR count). The molecule has 0 fully saturated rings. The molecular formula is C35H44O4PSi2+. The molecule has 0 heterocycles. The first-order chi connectivity index (χ1) is 20.6. The molecule has 220 valence electrons. The third kappa shape index (κ3) is 12.8. The molecule has 0 spiro atoms. The summed E-state index contributed by atoms with van der Waals surface area (Å²) in [5, 5.41) is 1.000. The zero-order valence-electron chi connectivity index (χ0n) is 25.2. The van der Waals surface area contributed by atoms with Crippen LogP contribution in [-0.4, -0.2) is 49.5 Å². The first-order valence-electron chi connectivity index (χ1n) is 14.4. The summed E-state index contributed by atoms with van der Waals surface area (Å²) in [5.41, 5.74) is 4.28. The smallest absolute Gasteiger partial charge is 0.406 e. The molecule has 4 aromatic carbocycles. The SMILES string of the molecule is C(#Cc1ccccc1)c1ccccc1.CCO[Si](OCC)(OCC)/C(=C/c1ccccc1)c1ccccc1.C[PH2+][SiH2]O. The lowest BCUT2D eigenvalue weighted by Crippen LogP contribution is -2.47. The van der Waals surface area contributed by atoms with Gasteiger partial charge < -0.3 is 18.1 Å². The van der Waals surface area contributed by atoms with E-state index in [0.717, 1.165) is 27.5 Å². The Morgan fingerprint density at radius 2 is 1.02 bits per heavy atom. The highest BCUT2D eigenvalue weighted by Gasteiger charge is 2.46. The number of benzene rings is 4. The summed E-state index contributed by atoms with van der Waals surface area (Å²) in [7, 11) is -3.00. The monoisotopic (exact) mass is 615 g/mol. The standard InChI is InChI=1S/C20H26O3Si.C14H10.CH7OPSi/c1-4-21-24(22-5-2,23-6-3)20(19-15-11-8-12-16-19)17-18-13-9-7-10-14-18;1-3-7-13(8-4-1)11-12-14-9-5-2-6-10-14;1-3-4-2/h7-17H,4-6H2,1-3H3;1-10H;2-3H,4H2,1H3/p+1/b20-17+;;. The van der Waals surface area contributed by atoms with E-state index in [0.29, 0.717) is 27.9 Å². The van der Waals surface area contributed by atoms with E-state index in [2.05, 4.69) is 48.8 Å². The third-order valence-corrected chi connectivity index (χ3v) is 10.2. The molecule has 0 bridgehead atoms. The number of rotatable bonds is 10. The maximum absolute atomic E-state index is 8.05. The van der Waals surface area contributed by atoms with Crippen LogP contribution in [0.2, 0.25) is 0 Å². The maximum atomic E-state index is 8.05.